The number of nitrogens with zero attached hydrogens (tertiary/aromatic N) is 1. The van der Waals surface area contributed by atoms with E-state index >= 15 is 0 Å². The summed E-state index contributed by atoms with van der Waals surface area (Å²) in [6.07, 6.45) is 2.31. The number of nitrogens with one attached hydrogen (secondary N) is 1. The maximum Gasteiger partial charge on any atom is 0.311 e. The van der Waals surface area contributed by atoms with Gasteiger partial charge in [0, 0.05) is 17.7 Å². The third kappa shape index (κ3) is 7.47. The van der Waals surface area contributed by atoms with Crippen molar-refractivity contribution >= 4 is 12.0 Å². The van der Waals surface area contributed by atoms with Crippen LogP contribution in [0.3, 0.4) is 0 Å². The van der Waals surface area contributed by atoms with Crippen LogP contribution in [-0.2, 0) is 20.8 Å². The summed E-state index contributed by atoms with van der Waals surface area (Å²) in [5, 5.41) is 0. The van der Waals surface area contributed by atoms with Crippen molar-refractivity contribution in [2.75, 3.05) is 27.0 Å². The number of rotatable bonds is 12. The number of benzene rings is 2. The minimum atomic E-state index is -0.633. The molecule has 0 amide bonds. The van der Waals surface area contributed by atoms with Crippen LogP contribution in [0.1, 0.15) is 23.4 Å². The average Bonchev–Trinajstić information content (AvgIpc) is 3.21. The van der Waals surface area contributed by atoms with Crippen LogP contribution in [0.2, 0.25) is 0 Å². The number of esters is 1. The van der Waals surface area contributed by atoms with Crippen LogP contribution >= 0.6 is 0 Å². The van der Waals surface area contributed by atoms with Crippen molar-refractivity contribution in [1.29, 1.82) is 0 Å². The Balaban J connectivity index is 1.56. The molecule has 7 nitrogen and oxygen atoms in total. The standard InChI is InChI=1S/C25H27FN2O5/c1-18-23(27-25(33-18)20-6-4-3-5-7-20)12-14-31-22-10-8-19(9-11-22)16-21(17-24(29)30-2)28-32-15-13-26/h3-11,16,28H,12-15,17H2,1-2H3. The van der Waals surface area contributed by atoms with E-state index in [-0.39, 0.29) is 13.0 Å². The lowest BCUT2D eigenvalue weighted by atomic mass is 10.1. The van der Waals surface area contributed by atoms with Crippen molar-refractivity contribution in [3.8, 4) is 17.2 Å². The smallest absolute Gasteiger partial charge is 0.311 e. The van der Waals surface area contributed by atoms with Crippen molar-refractivity contribution in [1.82, 2.24) is 10.5 Å². The molecule has 2 aromatic carbocycles. The van der Waals surface area contributed by atoms with Crippen LogP contribution in [0.5, 0.6) is 5.75 Å². The summed E-state index contributed by atoms with van der Waals surface area (Å²) in [7, 11) is 1.30. The highest BCUT2D eigenvalue weighted by atomic mass is 19.1. The Morgan fingerprint density at radius 3 is 2.58 bits per heavy atom. The van der Waals surface area contributed by atoms with Gasteiger partial charge in [-0.1, -0.05) is 30.3 Å². The van der Waals surface area contributed by atoms with Gasteiger partial charge in [-0.05, 0) is 42.8 Å². The Morgan fingerprint density at radius 1 is 1.12 bits per heavy atom. The number of ether oxygens (including phenoxy) is 2. The Labute approximate surface area is 192 Å². The Kier molecular flexibility index (Phi) is 9.02. The van der Waals surface area contributed by atoms with Crippen LogP contribution in [-0.4, -0.2) is 38.0 Å². The maximum atomic E-state index is 12.3. The number of alkyl halides is 1. The van der Waals surface area contributed by atoms with Gasteiger partial charge >= 0.3 is 5.97 Å². The predicted octanol–water partition coefficient (Wildman–Crippen LogP) is 4.67. The van der Waals surface area contributed by atoms with Crippen LogP contribution in [0.25, 0.3) is 17.5 Å². The van der Waals surface area contributed by atoms with E-state index in [1.165, 1.54) is 7.11 Å². The van der Waals surface area contributed by atoms with E-state index in [0.717, 1.165) is 22.6 Å². The summed E-state index contributed by atoms with van der Waals surface area (Å²) in [6, 6.07) is 17.1. The number of carbonyl (C=O) groups is 1. The monoisotopic (exact) mass is 454 g/mol. The number of oxazole rings is 1. The highest BCUT2D eigenvalue weighted by molar-refractivity contribution is 5.74. The third-order valence-corrected chi connectivity index (χ3v) is 4.69. The molecule has 0 atom stereocenters. The SMILES string of the molecule is COC(=O)CC(=Cc1ccc(OCCc2nc(-c3ccccc3)oc2C)cc1)NOCCF. The Bertz CT molecular complexity index is 1050. The zero-order chi connectivity index (χ0) is 23.5. The second-order valence-corrected chi connectivity index (χ2v) is 7.12. The number of carbonyl (C=O) groups excluding carboxylic acids is 1. The quantitative estimate of drug-likeness (QED) is 0.242. The second kappa shape index (κ2) is 12.4. The first-order valence-electron chi connectivity index (χ1n) is 10.5. The van der Waals surface area contributed by atoms with Gasteiger partial charge in [-0.3, -0.25) is 15.1 Å². The molecule has 0 unspecified atom stereocenters. The van der Waals surface area contributed by atoms with E-state index < -0.39 is 12.6 Å². The summed E-state index contributed by atoms with van der Waals surface area (Å²) in [4.78, 5) is 21.1. The Morgan fingerprint density at radius 2 is 1.88 bits per heavy atom. The van der Waals surface area contributed by atoms with Gasteiger partial charge in [-0.15, -0.1) is 0 Å². The Hall–Kier alpha value is -3.65. The van der Waals surface area contributed by atoms with Crippen molar-refractivity contribution < 1.29 is 27.9 Å². The van der Waals surface area contributed by atoms with Gasteiger partial charge in [0.1, 0.15) is 24.8 Å². The lowest BCUT2D eigenvalue weighted by Gasteiger charge is -2.10. The second-order valence-electron chi connectivity index (χ2n) is 7.12. The van der Waals surface area contributed by atoms with Gasteiger partial charge in [0.2, 0.25) is 5.89 Å². The van der Waals surface area contributed by atoms with Gasteiger partial charge < -0.3 is 13.9 Å². The van der Waals surface area contributed by atoms with Crippen molar-refractivity contribution in [3.05, 3.63) is 77.3 Å². The molecule has 3 rings (SSSR count). The summed E-state index contributed by atoms with van der Waals surface area (Å²) >= 11 is 0. The molecule has 33 heavy (non-hydrogen) atoms. The summed E-state index contributed by atoms with van der Waals surface area (Å²) in [5.74, 6) is 1.65. The highest BCUT2D eigenvalue weighted by Crippen LogP contribution is 2.22. The summed E-state index contributed by atoms with van der Waals surface area (Å²) < 4.78 is 28.6. The maximum absolute atomic E-state index is 12.3. The molecular formula is C25H27FN2O5. The molecule has 3 aromatic rings. The molecule has 0 saturated carbocycles. The lowest BCUT2D eigenvalue weighted by molar-refractivity contribution is -0.140. The van der Waals surface area contributed by atoms with E-state index in [0.29, 0.717) is 30.4 Å². The molecule has 1 heterocycles. The molecule has 0 fully saturated rings. The molecule has 0 aliphatic rings. The number of halogens is 1. The highest BCUT2D eigenvalue weighted by Gasteiger charge is 2.11. The molecule has 0 aliphatic carbocycles. The molecule has 0 saturated heterocycles. The first kappa shape index (κ1) is 24.0. The topological polar surface area (TPSA) is 82.8 Å². The zero-order valence-corrected chi connectivity index (χ0v) is 18.7. The van der Waals surface area contributed by atoms with Gasteiger partial charge in [0.05, 0.1) is 25.8 Å². The molecule has 0 aliphatic heterocycles. The number of aryl methyl sites for hydroxylation is 1. The predicted molar refractivity (Wildman–Crippen MR) is 122 cm³/mol. The molecule has 0 bridgehead atoms. The molecular weight excluding hydrogens is 427 g/mol. The number of hydroxylamine groups is 1. The van der Waals surface area contributed by atoms with Gasteiger partial charge in [-0.25, -0.2) is 9.37 Å². The average molecular weight is 454 g/mol. The number of hydrogen-bond donors (Lipinski definition) is 1. The first-order valence-corrected chi connectivity index (χ1v) is 10.5. The minimum Gasteiger partial charge on any atom is -0.493 e. The first-order chi connectivity index (χ1) is 16.1. The fraction of sp³-hybridized carbons (Fsp3) is 0.280. The van der Waals surface area contributed by atoms with Crippen LogP contribution in [0.15, 0.2) is 64.7 Å². The zero-order valence-electron chi connectivity index (χ0n) is 18.7. The normalized spacial score (nSPS) is 11.3. The minimum absolute atomic E-state index is 0.0247. The van der Waals surface area contributed by atoms with E-state index in [2.05, 4.69) is 15.2 Å². The largest absolute Gasteiger partial charge is 0.493 e. The number of hydrogen-bond acceptors (Lipinski definition) is 7. The molecule has 1 N–H and O–H groups in total. The van der Waals surface area contributed by atoms with Crippen molar-refractivity contribution in [3.63, 3.8) is 0 Å². The molecule has 8 heteroatoms. The fourth-order valence-corrected chi connectivity index (χ4v) is 3.02. The van der Waals surface area contributed by atoms with E-state index in [1.807, 2.05) is 61.5 Å². The molecule has 174 valence electrons. The van der Waals surface area contributed by atoms with E-state index in [1.54, 1.807) is 6.08 Å². The van der Waals surface area contributed by atoms with Gasteiger partial charge in [0.25, 0.3) is 0 Å². The summed E-state index contributed by atoms with van der Waals surface area (Å²) in [6.45, 7) is 1.59. The lowest BCUT2D eigenvalue weighted by Crippen LogP contribution is -2.18. The van der Waals surface area contributed by atoms with Crippen molar-refractivity contribution in [2.45, 2.75) is 19.8 Å². The third-order valence-electron chi connectivity index (χ3n) is 4.69. The number of methoxy groups -OCH3 is 1. The van der Waals surface area contributed by atoms with Crippen LogP contribution in [0.4, 0.5) is 4.39 Å². The summed E-state index contributed by atoms with van der Waals surface area (Å²) in [5.41, 5.74) is 5.67. The fourth-order valence-electron chi connectivity index (χ4n) is 3.02. The van der Waals surface area contributed by atoms with Gasteiger partial charge in [0.15, 0.2) is 0 Å². The van der Waals surface area contributed by atoms with Gasteiger partial charge in [-0.2, -0.15) is 0 Å². The van der Waals surface area contributed by atoms with Crippen molar-refractivity contribution in [2.24, 2.45) is 0 Å². The van der Waals surface area contributed by atoms with E-state index in [9.17, 15) is 9.18 Å². The number of aromatic nitrogens is 1. The molecule has 0 spiro atoms. The van der Waals surface area contributed by atoms with Crippen LogP contribution in [0, 0.1) is 6.92 Å². The van der Waals surface area contributed by atoms with Crippen LogP contribution < -0.4 is 10.2 Å². The molecule has 0 radical (unpaired) electrons. The molecule has 1 aromatic heterocycles. The van der Waals surface area contributed by atoms with E-state index in [4.69, 9.17) is 14.0 Å².